The van der Waals surface area contributed by atoms with Gasteiger partial charge in [0, 0.05) is 13.0 Å². The van der Waals surface area contributed by atoms with Gasteiger partial charge in [-0.3, -0.25) is 9.69 Å². The SMILES string of the molecule is O=C(O)[C@H](CCCC(F)(F)F)NC(=O)C1(c2ccc3ccccc3c2)CCN(Cc2ccc3ccccc3c2)CC1. The Morgan fingerprint density at radius 3 is 2.05 bits per heavy atom. The molecule has 0 radical (unpaired) electrons. The molecule has 2 N–H and O–H groups in total. The number of fused-ring (bicyclic) bond motifs is 2. The predicted octanol–water partition coefficient (Wildman–Crippen LogP) is 6.83. The molecule has 5 nitrogen and oxygen atoms in total. The van der Waals surface area contributed by atoms with Gasteiger partial charge in [-0.2, -0.15) is 13.2 Å². The van der Waals surface area contributed by atoms with Crippen molar-refractivity contribution in [1.29, 1.82) is 0 Å². The van der Waals surface area contributed by atoms with E-state index in [1.165, 1.54) is 10.9 Å². The molecule has 1 aliphatic rings. The lowest BCUT2D eigenvalue weighted by molar-refractivity contribution is -0.145. The van der Waals surface area contributed by atoms with Gasteiger partial charge in [-0.1, -0.05) is 78.9 Å². The highest BCUT2D eigenvalue weighted by atomic mass is 19.4. The Labute approximate surface area is 237 Å². The molecule has 1 atom stereocenters. The number of carboxylic acid groups (broad SMARTS) is 1. The van der Waals surface area contributed by atoms with Crippen molar-refractivity contribution in [3.63, 3.8) is 0 Å². The number of halogens is 3. The highest BCUT2D eigenvalue weighted by Gasteiger charge is 2.44. The number of hydrogen-bond donors (Lipinski definition) is 2. The van der Waals surface area contributed by atoms with Gasteiger partial charge in [0.05, 0.1) is 5.41 Å². The van der Waals surface area contributed by atoms with Crippen molar-refractivity contribution in [2.45, 2.75) is 56.3 Å². The molecular weight excluding hydrogens is 529 g/mol. The lowest BCUT2D eigenvalue weighted by Crippen LogP contribution is -2.55. The number of benzene rings is 4. The first-order valence-electron chi connectivity index (χ1n) is 13.9. The number of likely N-dealkylation sites (tertiary alicyclic amines) is 1. The van der Waals surface area contributed by atoms with Crippen LogP contribution in [0.4, 0.5) is 13.2 Å². The lowest BCUT2D eigenvalue weighted by Gasteiger charge is -2.41. The molecule has 4 aromatic rings. The number of carbonyl (C=O) groups excluding carboxylic acids is 1. The van der Waals surface area contributed by atoms with E-state index in [9.17, 15) is 27.9 Å². The number of alkyl halides is 3. The van der Waals surface area contributed by atoms with E-state index in [1.54, 1.807) is 0 Å². The molecule has 1 fully saturated rings. The van der Waals surface area contributed by atoms with E-state index in [2.05, 4.69) is 40.5 Å². The Morgan fingerprint density at radius 2 is 1.44 bits per heavy atom. The van der Waals surface area contributed by atoms with Crippen molar-refractivity contribution < 1.29 is 27.9 Å². The van der Waals surface area contributed by atoms with Crippen LogP contribution in [0, 0.1) is 0 Å². The van der Waals surface area contributed by atoms with Crippen LogP contribution in [-0.2, 0) is 21.5 Å². The standard InChI is InChI=1S/C33H33F3N2O3/c34-33(35,36)15-5-10-29(30(39)40)37-31(41)32(28-14-13-25-7-2-4-9-27(25)21-28)16-18-38(19-17-32)22-23-11-12-24-6-1-3-8-26(24)20-23/h1-4,6-9,11-14,20-21,29H,5,10,15-19,22H2,(H,37,41)(H,39,40)/t29-/m0/s1. The maximum absolute atomic E-state index is 13.9. The van der Waals surface area contributed by atoms with Gasteiger partial charge in [0.15, 0.2) is 0 Å². The maximum Gasteiger partial charge on any atom is 0.389 e. The van der Waals surface area contributed by atoms with Crippen LogP contribution >= 0.6 is 0 Å². The highest BCUT2D eigenvalue weighted by molar-refractivity contribution is 5.93. The minimum Gasteiger partial charge on any atom is -0.480 e. The number of aliphatic carboxylic acids is 1. The summed E-state index contributed by atoms with van der Waals surface area (Å²) in [6.45, 7) is 1.94. The summed E-state index contributed by atoms with van der Waals surface area (Å²) >= 11 is 0. The molecular formula is C33H33F3N2O3. The largest absolute Gasteiger partial charge is 0.480 e. The first-order chi connectivity index (χ1) is 19.6. The zero-order valence-corrected chi connectivity index (χ0v) is 22.7. The Morgan fingerprint density at radius 1 is 0.854 bits per heavy atom. The molecule has 8 heteroatoms. The van der Waals surface area contributed by atoms with Crippen molar-refractivity contribution >= 4 is 33.4 Å². The van der Waals surface area contributed by atoms with Crippen molar-refractivity contribution in [1.82, 2.24) is 10.2 Å². The monoisotopic (exact) mass is 562 g/mol. The minimum atomic E-state index is -4.38. The summed E-state index contributed by atoms with van der Waals surface area (Å²) in [5, 5.41) is 16.7. The zero-order chi connectivity index (χ0) is 29.0. The average molecular weight is 563 g/mol. The summed E-state index contributed by atoms with van der Waals surface area (Å²) in [5.74, 6) is -1.78. The topological polar surface area (TPSA) is 69.6 Å². The van der Waals surface area contributed by atoms with Gasteiger partial charge in [0.25, 0.3) is 0 Å². The van der Waals surface area contributed by atoms with Crippen molar-refractivity contribution in [2.75, 3.05) is 13.1 Å². The Bertz CT molecular complexity index is 1540. The lowest BCUT2D eigenvalue weighted by atomic mass is 9.71. The van der Waals surface area contributed by atoms with Crippen LogP contribution in [0.25, 0.3) is 21.5 Å². The molecule has 1 amide bonds. The van der Waals surface area contributed by atoms with Gasteiger partial charge >= 0.3 is 12.1 Å². The number of nitrogens with zero attached hydrogens (tertiary/aromatic N) is 1. The van der Waals surface area contributed by atoms with Crippen LogP contribution < -0.4 is 5.32 Å². The number of piperidine rings is 1. The Balaban J connectivity index is 1.37. The molecule has 0 aliphatic carbocycles. The third-order valence-corrected chi connectivity index (χ3v) is 8.22. The molecule has 214 valence electrons. The number of carboxylic acids is 1. The van der Waals surface area contributed by atoms with Crippen molar-refractivity contribution in [2.24, 2.45) is 0 Å². The Hall–Kier alpha value is -3.91. The zero-order valence-electron chi connectivity index (χ0n) is 22.7. The molecule has 0 unspecified atom stereocenters. The van der Waals surface area contributed by atoms with E-state index >= 15 is 0 Å². The molecule has 41 heavy (non-hydrogen) atoms. The molecule has 1 saturated heterocycles. The Kier molecular flexibility index (Phi) is 8.31. The van der Waals surface area contributed by atoms with E-state index in [1.807, 2.05) is 54.6 Å². The smallest absolute Gasteiger partial charge is 0.389 e. The average Bonchev–Trinajstić information content (AvgIpc) is 2.96. The summed E-state index contributed by atoms with van der Waals surface area (Å²) in [7, 11) is 0. The summed E-state index contributed by atoms with van der Waals surface area (Å²) in [6, 6.07) is 26.8. The second-order valence-corrected chi connectivity index (χ2v) is 11.0. The van der Waals surface area contributed by atoms with Gasteiger partial charge in [-0.15, -0.1) is 0 Å². The molecule has 4 aromatic carbocycles. The van der Waals surface area contributed by atoms with Gasteiger partial charge in [0.1, 0.15) is 6.04 Å². The number of rotatable bonds is 9. The number of amides is 1. The molecule has 1 aliphatic heterocycles. The van der Waals surface area contributed by atoms with Gasteiger partial charge in [-0.05, 0) is 77.5 Å². The first-order valence-corrected chi connectivity index (χ1v) is 13.9. The molecule has 0 saturated carbocycles. The molecule has 5 rings (SSSR count). The molecule has 0 spiro atoms. The van der Waals surface area contributed by atoms with Crippen LogP contribution in [0.2, 0.25) is 0 Å². The fourth-order valence-corrected chi connectivity index (χ4v) is 5.88. The summed E-state index contributed by atoms with van der Waals surface area (Å²) < 4.78 is 38.1. The summed E-state index contributed by atoms with van der Waals surface area (Å²) in [6.07, 6.45) is -5.21. The first kappa shape index (κ1) is 28.6. The van der Waals surface area contributed by atoms with E-state index in [0.717, 1.165) is 28.3 Å². The van der Waals surface area contributed by atoms with Crippen LogP contribution in [0.3, 0.4) is 0 Å². The number of hydrogen-bond acceptors (Lipinski definition) is 3. The maximum atomic E-state index is 13.9. The van der Waals surface area contributed by atoms with Crippen LogP contribution in [0.1, 0.15) is 43.2 Å². The third kappa shape index (κ3) is 6.70. The van der Waals surface area contributed by atoms with Gasteiger partial charge in [-0.25, -0.2) is 4.79 Å². The normalized spacial score (nSPS) is 16.5. The molecule has 0 bridgehead atoms. The predicted molar refractivity (Wildman–Crippen MR) is 154 cm³/mol. The second-order valence-electron chi connectivity index (χ2n) is 11.0. The number of nitrogens with one attached hydrogen (secondary N) is 1. The van der Waals surface area contributed by atoms with Crippen LogP contribution in [0.5, 0.6) is 0 Å². The van der Waals surface area contributed by atoms with E-state index < -0.39 is 35.9 Å². The number of carbonyl (C=O) groups is 2. The van der Waals surface area contributed by atoms with Gasteiger partial charge in [0.2, 0.25) is 5.91 Å². The van der Waals surface area contributed by atoms with Crippen LogP contribution in [0.15, 0.2) is 84.9 Å². The van der Waals surface area contributed by atoms with E-state index in [4.69, 9.17) is 0 Å². The third-order valence-electron chi connectivity index (χ3n) is 8.22. The minimum absolute atomic E-state index is 0.289. The fourth-order valence-electron chi connectivity index (χ4n) is 5.88. The highest BCUT2D eigenvalue weighted by Crippen LogP contribution is 2.38. The van der Waals surface area contributed by atoms with Crippen molar-refractivity contribution in [3.8, 4) is 0 Å². The fraction of sp³-hybridized carbons (Fsp3) is 0.333. The summed E-state index contributed by atoms with van der Waals surface area (Å²) in [5.41, 5.74) is 0.960. The molecule has 0 aromatic heterocycles. The van der Waals surface area contributed by atoms with E-state index in [0.29, 0.717) is 25.9 Å². The quantitative estimate of drug-likeness (QED) is 0.235. The van der Waals surface area contributed by atoms with Gasteiger partial charge < -0.3 is 10.4 Å². The summed E-state index contributed by atoms with van der Waals surface area (Å²) in [4.78, 5) is 28.1. The van der Waals surface area contributed by atoms with Crippen molar-refractivity contribution in [3.05, 3.63) is 96.1 Å². The second kappa shape index (κ2) is 11.9. The van der Waals surface area contributed by atoms with Crippen LogP contribution in [-0.4, -0.2) is 47.2 Å². The molecule has 1 heterocycles. The van der Waals surface area contributed by atoms with E-state index in [-0.39, 0.29) is 12.8 Å².